The van der Waals surface area contributed by atoms with Crippen LogP contribution in [-0.2, 0) is 16.1 Å². The average molecular weight is 284 g/mol. The summed E-state index contributed by atoms with van der Waals surface area (Å²) in [6.07, 6.45) is 0.918. The summed E-state index contributed by atoms with van der Waals surface area (Å²) in [6.45, 7) is 6.67. The lowest BCUT2D eigenvalue weighted by molar-refractivity contribution is -0.144. The Hall–Kier alpha value is -1.06. The van der Waals surface area contributed by atoms with E-state index in [-0.39, 0.29) is 17.9 Å². The van der Waals surface area contributed by atoms with E-state index in [1.807, 2.05) is 32.0 Å². The molecule has 2 atom stereocenters. The molecule has 0 aliphatic heterocycles. The minimum Gasteiger partial charge on any atom is -0.468 e. The number of ether oxygens (including phenoxy) is 1. The number of esters is 1. The maximum Gasteiger partial charge on any atom is 0.323 e. The second-order valence-corrected chi connectivity index (χ2v) is 5.26. The topological polar surface area (TPSA) is 38.3 Å². The van der Waals surface area contributed by atoms with E-state index < -0.39 is 0 Å². The van der Waals surface area contributed by atoms with Gasteiger partial charge >= 0.3 is 5.97 Å². The van der Waals surface area contributed by atoms with Gasteiger partial charge in [-0.25, -0.2) is 0 Å². The molecule has 1 rings (SSSR count). The Morgan fingerprint density at radius 2 is 2.16 bits per heavy atom. The standard InChI is InChI=1S/C15H22ClNO2/c1-5-10(2)14(15(18)19-4)17-9-12-7-6-11(3)13(16)8-12/h6-8,10,14,17H,5,9H2,1-4H3. The average Bonchev–Trinajstić information content (AvgIpc) is 2.42. The lowest BCUT2D eigenvalue weighted by atomic mass is 9.99. The van der Waals surface area contributed by atoms with Crippen LogP contribution < -0.4 is 5.32 Å². The monoisotopic (exact) mass is 283 g/mol. The number of carbonyl (C=O) groups is 1. The molecule has 0 saturated carbocycles. The molecule has 0 saturated heterocycles. The van der Waals surface area contributed by atoms with Crippen LogP contribution in [0.25, 0.3) is 0 Å². The molecule has 0 fully saturated rings. The van der Waals surface area contributed by atoms with E-state index in [9.17, 15) is 4.79 Å². The largest absolute Gasteiger partial charge is 0.468 e. The highest BCUT2D eigenvalue weighted by Gasteiger charge is 2.24. The van der Waals surface area contributed by atoms with Crippen molar-refractivity contribution >= 4 is 17.6 Å². The number of aryl methyl sites for hydroxylation is 1. The Morgan fingerprint density at radius 3 is 2.68 bits per heavy atom. The number of hydrogen-bond donors (Lipinski definition) is 1. The van der Waals surface area contributed by atoms with E-state index in [0.29, 0.717) is 6.54 Å². The third-order valence-electron chi connectivity index (χ3n) is 3.43. The Balaban J connectivity index is 2.70. The van der Waals surface area contributed by atoms with Crippen molar-refractivity contribution in [3.8, 4) is 0 Å². The number of nitrogens with one attached hydrogen (secondary N) is 1. The summed E-state index contributed by atoms with van der Waals surface area (Å²) in [6, 6.07) is 5.64. The first-order chi connectivity index (χ1) is 8.99. The van der Waals surface area contributed by atoms with Crippen LogP contribution in [0.4, 0.5) is 0 Å². The summed E-state index contributed by atoms with van der Waals surface area (Å²) in [5.74, 6) is 0.0147. The highest BCUT2D eigenvalue weighted by Crippen LogP contribution is 2.17. The maximum atomic E-state index is 11.7. The second kappa shape index (κ2) is 7.51. The van der Waals surface area contributed by atoms with Crippen LogP contribution in [-0.4, -0.2) is 19.1 Å². The van der Waals surface area contributed by atoms with Crippen LogP contribution in [0.15, 0.2) is 18.2 Å². The van der Waals surface area contributed by atoms with Crippen LogP contribution in [0, 0.1) is 12.8 Å². The van der Waals surface area contributed by atoms with Gasteiger partial charge in [-0.3, -0.25) is 4.79 Å². The molecule has 0 aromatic heterocycles. The van der Waals surface area contributed by atoms with Crippen molar-refractivity contribution in [2.45, 2.75) is 39.8 Å². The second-order valence-electron chi connectivity index (χ2n) is 4.85. The van der Waals surface area contributed by atoms with E-state index in [4.69, 9.17) is 16.3 Å². The fourth-order valence-corrected chi connectivity index (χ4v) is 2.06. The van der Waals surface area contributed by atoms with Crippen molar-refractivity contribution in [1.29, 1.82) is 0 Å². The van der Waals surface area contributed by atoms with Crippen LogP contribution in [0.5, 0.6) is 0 Å². The molecule has 0 aliphatic carbocycles. The first kappa shape index (κ1) is 16.0. The van der Waals surface area contributed by atoms with Crippen molar-refractivity contribution < 1.29 is 9.53 Å². The third-order valence-corrected chi connectivity index (χ3v) is 3.84. The van der Waals surface area contributed by atoms with Gasteiger partial charge in [0.2, 0.25) is 0 Å². The van der Waals surface area contributed by atoms with Gasteiger partial charge in [0.05, 0.1) is 7.11 Å². The molecule has 19 heavy (non-hydrogen) atoms. The van der Waals surface area contributed by atoms with Gasteiger partial charge in [0.25, 0.3) is 0 Å². The maximum absolute atomic E-state index is 11.7. The summed E-state index contributed by atoms with van der Waals surface area (Å²) in [5.41, 5.74) is 2.12. The van der Waals surface area contributed by atoms with E-state index in [0.717, 1.165) is 22.6 Å². The fourth-order valence-electron chi connectivity index (χ4n) is 1.85. The van der Waals surface area contributed by atoms with Crippen LogP contribution in [0.3, 0.4) is 0 Å². The quantitative estimate of drug-likeness (QED) is 0.814. The zero-order valence-corrected chi connectivity index (χ0v) is 12.8. The summed E-state index contributed by atoms with van der Waals surface area (Å²) in [5, 5.41) is 4.00. The summed E-state index contributed by atoms with van der Waals surface area (Å²) >= 11 is 6.09. The third kappa shape index (κ3) is 4.51. The molecule has 1 aromatic carbocycles. The normalized spacial score (nSPS) is 13.9. The predicted octanol–water partition coefficient (Wildman–Crippen LogP) is 3.33. The van der Waals surface area contributed by atoms with Gasteiger partial charge in [-0.2, -0.15) is 0 Å². The molecule has 0 bridgehead atoms. The van der Waals surface area contributed by atoms with Crippen molar-refractivity contribution in [3.05, 3.63) is 34.3 Å². The fraction of sp³-hybridized carbons (Fsp3) is 0.533. The summed E-state index contributed by atoms with van der Waals surface area (Å²) < 4.78 is 4.84. The molecule has 3 nitrogen and oxygen atoms in total. The molecule has 0 heterocycles. The van der Waals surface area contributed by atoms with Crippen molar-refractivity contribution in [1.82, 2.24) is 5.32 Å². The van der Waals surface area contributed by atoms with Crippen LogP contribution in [0.1, 0.15) is 31.4 Å². The SMILES string of the molecule is CCC(C)C(NCc1ccc(C)c(Cl)c1)C(=O)OC. The molecule has 0 aliphatic rings. The minimum atomic E-state index is -0.282. The molecule has 0 amide bonds. The highest BCUT2D eigenvalue weighted by atomic mass is 35.5. The van der Waals surface area contributed by atoms with Gasteiger partial charge in [-0.15, -0.1) is 0 Å². The Bertz CT molecular complexity index is 434. The van der Waals surface area contributed by atoms with Gasteiger partial charge in [-0.05, 0) is 30.0 Å². The van der Waals surface area contributed by atoms with Crippen molar-refractivity contribution in [3.63, 3.8) is 0 Å². The molecule has 1 N–H and O–H groups in total. The molecule has 1 aromatic rings. The van der Waals surface area contributed by atoms with Gasteiger partial charge in [0.15, 0.2) is 0 Å². The minimum absolute atomic E-state index is 0.215. The Labute approximate surface area is 120 Å². The van der Waals surface area contributed by atoms with E-state index in [1.54, 1.807) is 0 Å². The van der Waals surface area contributed by atoms with E-state index in [1.165, 1.54) is 7.11 Å². The zero-order valence-electron chi connectivity index (χ0n) is 12.0. The van der Waals surface area contributed by atoms with Gasteiger partial charge in [0.1, 0.15) is 6.04 Å². The Kier molecular flexibility index (Phi) is 6.32. The zero-order chi connectivity index (χ0) is 14.4. The van der Waals surface area contributed by atoms with Gasteiger partial charge < -0.3 is 10.1 Å². The van der Waals surface area contributed by atoms with Crippen molar-refractivity contribution in [2.24, 2.45) is 5.92 Å². The van der Waals surface area contributed by atoms with Crippen LogP contribution in [0.2, 0.25) is 5.02 Å². The first-order valence-corrected chi connectivity index (χ1v) is 6.93. The molecule has 106 valence electrons. The smallest absolute Gasteiger partial charge is 0.323 e. The highest BCUT2D eigenvalue weighted by molar-refractivity contribution is 6.31. The first-order valence-electron chi connectivity index (χ1n) is 6.55. The van der Waals surface area contributed by atoms with Crippen LogP contribution >= 0.6 is 11.6 Å². The lowest BCUT2D eigenvalue weighted by Gasteiger charge is -2.22. The molecule has 0 spiro atoms. The van der Waals surface area contributed by atoms with E-state index in [2.05, 4.69) is 12.2 Å². The molecular formula is C15H22ClNO2. The predicted molar refractivity (Wildman–Crippen MR) is 78.3 cm³/mol. The van der Waals surface area contributed by atoms with Crippen molar-refractivity contribution in [2.75, 3.05) is 7.11 Å². The molecule has 0 radical (unpaired) electrons. The summed E-state index contributed by atoms with van der Waals surface area (Å²) in [7, 11) is 1.42. The Morgan fingerprint density at radius 1 is 1.47 bits per heavy atom. The number of hydrogen-bond acceptors (Lipinski definition) is 3. The lowest BCUT2D eigenvalue weighted by Crippen LogP contribution is -2.42. The van der Waals surface area contributed by atoms with Gasteiger partial charge in [0, 0.05) is 11.6 Å². The number of rotatable bonds is 6. The number of benzene rings is 1. The van der Waals surface area contributed by atoms with E-state index >= 15 is 0 Å². The molecular weight excluding hydrogens is 262 g/mol. The number of carbonyl (C=O) groups excluding carboxylic acids is 1. The van der Waals surface area contributed by atoms with Gasteiger partial charge in [-0.1, -0.05) is 44.0 Å². The molecule has 4 heteroatoms. The number of methoxy groups -OCH3 is 1. The number of halogens is 1. The summed E-state index contributed by atoms with van der Waals surface area (Å²) in [4.78, 5) is 11.7. The molecule has 2 unspecified atom stereocenters.